The van der Waals surface area contributed by atoms with Gasteiger partial charge in [-0.25, -0.2) is 0 Å². The van der Waals surface area contributed by atoms with Crippen LogP contribution in [0, 0.1) is 0 Å². The molecule has 0 amide bonds. The number of rotatable bonds is 2. The predicted molar refractivity (Wildman–Crippen MR) is 54.9 cm³/mol. The van der Waals surface area contributed by atoms with Crippen LogP contribution in [0.2, 0.25) is 0 Å². The summed E-state index contributed by atoms with van der Waals surface area (Å²) < 4.78 is 1.16. The number of hydrogen-bond donors (Lipinski definition) is 1. The molecule has 10 heavy (non-hydrogen) atoms. The third-order valence-electron chi connectivity index (χ3n) is 1.05. The van der Waals surface area contributed by atoms with Gasteiger partial charge in [-0.2, -0.15) is 24.0 Å². The zero-order chi connectivity index (χ0) is 7.40. The lowest BCUT2D eigenvalue weighted by atomic mass is 10.3. The van der Waals surface area contributed by atoms with Crippen LogP contribution < -0.4 is 0 Å². The molecule has 0 fully saturated rings. The summed E-state index contributed by atoms with van der Waals surface area (Å²) in [6.07, 6.45) is 4.09. The van der Waals surface area contributed by atoms with Crippen molar-refractivity contribution in [3.8, 4) is 0 Å². The van der Waals surface area contributed by atoms with Gasteiger partial charge in [0, 0.05) is 15.6 Å². The van der Waals surface area contributed by atoms with E-state index >= 15 is 0 Å². The van der Waals surface area contributed by atoms with Gasteiger partial charge in [-0.15, -0.1) is 0 Å². The fourth-order valence-electron chi connectivity index (χ4n) is 0.590. The second-order valence-corrected chi connectivity index (χ2v) is 3.72. The van der Waals surface area contributed by atoms with Gasteiger partial charge in [0.2, 0.25) is 0 Å². The lowest BCUT2D eigenvalue weighted by molar-refractivity contribution is 1.75. The van der Waals surface area contributed by atoms with Gasteiger partial charge < -0.3 is 0 Å². The van der Waals surface area contributed by atoms with Gasteiger partial charge in [0.1, 0.15) is 0 Å². The van der Waals surface area contributed by atoms with E-state index in [9.17, 15) is 0 Å². The normalized spacial score (nSPS) is 11.0. The summed E-state index contributed by atoms with van der Waals surface area (Å²) in [6.45, 7) is 0. The Morgan fingerprint density at radius 1 is 1.60 bits per heavy atom. The Bertz CT molecular complexity index is 227. The predicted octanol–water partition coefficient (Wildman–Crippen LogP) is 3.45. The molecule has 0 aliphatic heterocycles. The average molecular weight is 235 g/mol. The highest BCUT2D eigenvalue weighted by molar-refractivity contribution is 9.10. The standard InChI is InChI=1S/C7H7BrS2/c8-7-5-10-4-6(7)2-1-3-9/h1-2,4-5,9H,3H2. The minimum Gasteiger partial charge on any atom is -0.175 e. The second kappa shape index (κ2) is 4.21. The van der Waals surface area contributed by atoms with E-state index in [-0.39, 0.29) is 0 Å². The quantitative estimate of drug-likeness (QED) is 0.745. The summed E-state index contributed by atoms with van der Waals surface area (Å²) in [5, 5.41) is 4.17. The molecule has 0 aliphatic rings. The molecule has 54 valence electrons. The zero-order valence-corrected chi connectivity index (χ0v) is 8.55. The molecule has 1 heterocycles. The molecular weight excluding hydrogens is 228 g/mol. The van der Waals surface area contributed by atoms with Gasteiger partial charge in [-0.3, -0.25) is 0 Å². The third-order valence-corrected chi connectivity index (χ3v) is 3.01. The molecule has 1 rings (SSSR count). The average Bonchev–Trinajstić information content (AvgIpc) is 2.31. The van der Waals surface area contributed by atoms with Gasteiger partial charge in [0.25, 0.3) is 0 Å². The SMILES string of the molecule is SCC=Cc1cscc1Br. The maximum absolute atomic E-state index is 4.07. The van der Waals surface area contributed by atoms with E-state index in [0.29, 0.717) is 0 Å². The number of halogens is 1. The van der Waals surface area contributed by atoms with E-state index in [4.69, 9.17) is 0 Å². The van der Waals surface area contributed by atoms with Crippen molar-refractivity contribution < 1.29 is 0 Å². The van der Waals surface area contributed by atoms with E-state index in [0.717, 1.165) is 10.2 Å². The van der Waals surface area contributed by atoms with Crippen molar-refractivity contribution in [2.75, 3.05) is 5.75 Å². The fraction of sp³-hybridized carbons (Fsp3) is 0.143. The Morgan fingerprint density at radius 3 is 2.90 bits per heavy atom. The lowest BCUT2D eigenvalue weighted by Crippen LogP contribution is -1.64. The topological polar surface area (TPSA) is 0 Å². The molecule has 0 saturated carbocycles. The maximum atomic E-state index is 4.07. The van der Waals surface area contributed by atoms with Crippen LogP contribution in [0.3, 0.4) is 0 Å². The maximum Gasteiger partial charge on any atom is 0.0354 e. The molecule has 0 aliphatic carbocycles. The number of hydrogen-bond acceptors (Lipinski definition) is 2. The van der Waals surface area contributed by atoms with Gasteiger partial charge in [0.15, 0.2) is 0 Å². The molecule has 0 saturated heterocycles. The summed E-state index contributed by atoms with van der Waals surface area (Å²) in [5.74, 6) is 0.794. The highest BCUT2D eigenvalue weighted by atomic mass is 79.9. The largest absolute Gasteiger partial charge is 0.175 e. The molecule has 0 aromatic carbocycles. The molecule has 0 nitrogen and oxygen atoms in total. The van der Waals surface area contributed by atoms with E-state index in [2.05, 4.69) is 45.4 Å². The van der Waals surface area contributed by atoms with Crippen molar-refractivity contribution in [3.05, 3.63) is 26.9 Å². The zero-order valence-electron chi connectivity index (χ0n) is 5.25. The Balaban J connectivity index is 2.74. The van der Waals surface area contributed by atoms with Crippen LogP contribution >= 0.6 is 39.9 Å². The first kappa shape index (κ1) is 8.37. The molecule has 3 heteroatoms. The molecule has 0 N–H and O–H groups in total. The van der Waals surface area contributed by atoms with Crippen molar-refractivity contribution in [2.24, 2.45) is 0 Å². The molecule has 1 aromatic heterocycles. The van der Waals surface area contributed by atoms with Crippen molar-refractivity contribution in [2.45, 2.75) is 0 Å². The van der Waals surface area contributed by atoms with Crippen LogP contribution in [-0.4, -0.2) is 5.75 Å². The van der Waals surface area contributed by atoms with Crippen molar-refractivity contribution in [1.82, 2.24) is 0 Å². The second-order valence-electron chi connectivity index (χ2n) is 1.76. The number of thiophene rings is 1. The summed E-state index contributed by atoms with van der Waals surface area (Å²) in [4.78, 5) is 0. The van der Waals surface area contributed by atoms with Gasteiger partial charge in [0.05, 0.1) is 0 Å². The van der Waals surface area contributed by atoms with Crippen LogP contribution in [0.1, 0.15) is 5.56 Å². The molecule has 0 spiro atoms. The van der Waals surface area contributed by atoms with Crippen LogP contribution in [-0.2, 0) is 0 Å². The van der Waals surface area contributed by atoms with E-state index < -0.39 is 0 Å². The summed E-state index contributed by atoms with van der Waals surface area (Å²) in [7, 11) is 0. The molecule has 0 bridgehead atoms. The first-order valence-corrected chi connectivity index (χ1v) is 5.20. The van der Waals surface area contributed by atoms with Crippen LogP contribution in [0.5, 0.6) is 0 Å². The van der Waals surface area contributed by atoms with Crippen molar-refractivity contribution in [3.63, 3.8) is 0 Å². The minimum absolute atomic E-state index is 0.794. The Labute approximate surface area is 78.5 Å². The summed E-state index contributed by atoms with van der Waals surface area (Å²) >= 11 is 9.19. The molecule has 1 aromatic rings. The minimum atomic E-state index is 0.794. The van der Waals surface area contributed by atoms with Crippen LogP contribution in [0.25, 0.3) is 6.08 Å². The Hall–Kier alpha value is 0.270. The van der Waals surface area contributed by atoms with Gasteiger partial charge in [-0.05, 0) is 26.9 Å². The summed E-state index contributed by atoms with van der Waals surface area (Å²) in [5.41, 5.74) is 1.24. The molecule has 0 atom stereocenters. The van der Waals surface area contributed by atoms with Crippen LogP contribution in [0.15, 0.2) is 21.3 Å². The Morgan fingerprint density at radius 2 is 2.40 bits per heavy atom. The molecular formula is C7H7BrS2. The third kappa shape index (κ3) is 2.15. The van der Waals surface area contributed by atoms with Crippen LogP contribution in [0.4, 0.5) is 0 Å². The molecule has 0 radical (unpaired) electrons. The molecule has 0 unspecified atom stereocenters. The monoisotopic (exact) mass is 234 g/mol. The van der Waals surface area contributed by atoms with Crippen molar-refractivity contribution in [1.29, 1.82) is 0 Å². The fourth-order valence-corrected chi connectivity index (χ4v) is 2.09. The van der Waals surface area contributed by atoms with E-state index in [1.54, 1.807) is 11.3 Å². The van der Waals surface area contributed by atoms with E-state index in [1.165, 1.54) is 5.56 Å². The highest BCUT2D eigenvalue weighted by Crippen LogP contribution is 2.22. The lowest BCUT2D eigenvalue weighted by Gasteiger charge is -1.84. The smallest absolute Gasteiger partial charge is 0.0354 e. The van der Waals surface area contributed by atoms with Gasteiger partial charge >= 0.3 is 0 Å². The Kier molecular flexibility index (Phi) is 3.52. The first-order valence-electron chi connectivity index (χ1n) is 2.83. The number of thiol groups is 1. The van der Waals surface area contributed by atoms with Gasteiger partial charge in [-0.1, -0.05) is 12.2 Å². The summed E-state index contributed by atoms with van der Waals surface area (Å²) in [6, 6.07) is 0. The van der Waals surface area contributed by atoms with Crippen molar-refractivity contribution >= 4 is 46.0 Å². The first-order chi connectivity index (χ1) is 4.84. The highest BCUT2D eigenvalue weighted by Gasteiger charge is 1.93. The van der Waals surface area contributed by atoms with E-state index in [1.807, 2.05) is 6.08 Å².